The number of aldehydes is 2. The van der Waals surface area contributed by atoms with E-state index in [4.69, 9.17) is 4.74 Å². The van der Waals surface area contributed by atoms with Crippen molar-refractivity contribution in [3.8, 4) is 5.75 Å². The Labute approximate surface area is 177 Å². The van der Waals surface area contributed by atoms with E-state index in [2.05, 4.69) is 0 Å². The third kappa shape index (κ3) is 13.8. The highest BCUT2D eigenvalue weighted by Gasteiger charge is 1.99. The van der Waals surface area contributed by atoms with Gasteiger partial charge < -0.3 is 9.53 Å². The molecule has 3 heteroatoms. The first-order chi connectivity index (χ1) is 14.3. The summed E-state index contributed by atoms with van der Waals surface area (Å²) < 4.78 is 5.16. The second-order valence-electron chi connectivity index (χ2n) is 7.91. The summed E-state index contributed by atoms with van der Waals surface area (Å²) in [6.45, 7) is 0. The molecular formula is C26H40O3. The van der Waals surface area contributed by atoms with Gasteiger partial charge in [-0.2, -0.15) is 0 Å². The minimum atomic E-state index is 0.732. The summed E-state index contributed by atoms with van der Waals surface area (Å²) in [7, 11) is 1.66. The molecule has 0 amide bonds. The Balaban J connectivity index is 1.97. The van der Waals surface area contributed by atoms with Crippen molar-refractivity contribution in [2.75, 3.05) is 7.11 Å². The second kappa shape index (κ2) is 18.1. The Bertz CT molecular complexity index is 560. The lowest BCUT2D eigenvalue weighted by Crippen LogP contribution is -1.88. The number of methoxy groups -OCH3 is 1. The molecule has 0 aliphatic rings. The maximum absolute atomic E-state index is 11.3. The molecule has 0 unspecified atom stereocenters. The molecule has 162 valence electrons. The molecule has 0 saturated carbocycles. The van der Waals surface area contributed by atoms with Crippen LogP contribution in [0.2, 0.25) is 0 Å². The fourth-order valence-corrected chi connectivity index (χ4v) is 3.58. The van der Waals surface area contributed by atoms with E-state index in [1.165, 1.54) is 70.6 Å². The topological polar surface area (TPSA) is 43.4 Å². The molecule has 0 aliphatic heterocycles. The molecule has 0 heterocycles. The van der Waals surface area contributed by atoms with Crippen LogP contribution in [-0.2, 0) is 9.59 Å². The van der Waals surface area contributed by atoms with Gasteiger partial charge in [-0.05, 0) is 48.6 Å². The summed E-state index contributed by atoms with van der Waals surface area (Å²) in [6.07, 6.45) is 22.1. The molecular weight excluding hydrogens is 360 g/mol. The van der Waals surface area contributed by atoms with Crippen LogP contribution < -0.4 is 4.74 Å². The average Bonchev–Trinajstić information content (AvgIpc) is 2.76. The van der Waals surface area contributed by atoms with Crippen LogP contribution in [0.4, 0.5) is 0 Å². The number of carbonyl (C=O) groups is 2. The largest absolute Gasteiger partial charge is 0.497 e. The van der Waals surface area contributed by atoms with Gasteiger partial charge in [-0.3, -0.25) is 4.79 Å². The number of carbonyl (C=O) groups excluding carboxylic acids is 2. The van der Waals surface area contributed by atoms with Crippen molar-refractivity contribution in [1.29, 1.82) is 0 Å². The smallest absolute Gasteiger partial charge is 0.146 e. The zero-order valence-electron chi connectivity index (χ0n) is 18.4. The summed E-state index contributed by atoms with van der Waals surface area (Å²) >= 11 is 0. The first kappa shape index (κ1) is 25.1. The van der Waals surface area contributed by atoms with E-state index in [9.17, 15) is 9.59 Å². The molecule has 29 heavy (non-hydrogen) atoms. The number of hydrogen-bond donors (Lipinski definition) is 0. The Morgan fingerprint density at radius 3 is 1.66 bits per heavy atom. The lowest BCUT2D eigenvalue weighted by molar-refractivity contribution is -0.108. The summed E-state index contributed by atoms with van der Waals surface area (Å²) in [5.74, 6) is 0.834. The van der Waals surface area contributed by atoms with Crippen molar-refractivity contribution < 1.29 is 14.3 Å². The summed E-state index contributed by atoms with van der Waals surface area (Å²) in [6, 6.07) is 7.81. The summed E-state index contributed by atoms with van der Waals surface area (Å²) in [5, 5.41) is 0. The molecule has 1 rings (SSSR count). The highest BCUT2D eigenvalue weighted by atomic mass is 16.5. The molecule has 0 N–H and O–H groups in total. The zero-order chi connectivity index (χ0) is 21.0. The zero-order valence-corrected chi connectivity index (χ0v) is 18.4. The van der Waals surface area contributed by atoms with Gasteiger partial charge in [0.25, 0.3) is 0 Å². The Morgan fingerprint density at radius 1 is 0.724 bits per heavy atom. The van der Waals surface area contributed by atoms with E-state index in [0.717, 1.165) is 55.1 Å². The number of benzene rings is 1. The second-order valence-corrected chi connectivity index (χ2v) is 7.91. The Morgan fingerprint density at radius 2 is 1.21 bits per heavy atom. The van der Waals surface area contributed by atoms with Crippen molar-refractivity contribution >= 4 is 18.6 Å². The molecule has 0 aliphatic carbocycles. The van der Waals surface area contributed by atoms with Crippen molar-refractivity contribution in [3.05, 3.63) is 35.4 Å². The molecule has 0 aromatic heterocycles. The van der Waals surface area contributed by atoms with Gasteiger partial charge in [0.15, 0.2) is 0 Å². The fourth-order valence-electron chi connectivity index (χ4n) is 3.58. The quantitative estimate of drug-likeness (QED) is 0.139. The minimum absolute atomic E-state index is 0.732. The van der Waals surface area contributed by atoms with Gasteiger partial charge in [-0.1, -0.05) is 82.8 Å². The van der Waals surface area contributed by atoms with Crippen LogP contribution in [0.5, 0.6) is 5.75 Å². The van der Waals surface area contributed by atoms with Gasteiger partial charge in [0.1, 0.15) is 18.3 Å². The van der Waals surface area contributed by atoms with E-state index in [-0.39, 0.29) is 0 Å². The van der Waals surface area contributed by atoms with E-state index in [0.29, 0.717) is 0 Å². The number of allylic oxidation sites excluding steroid dienone is 1. The van der Waals surface area contributed by atoms with Crippen molar-refractivity contribution in [2.24, 2.45) is 0 Å². The first-order valence-corrected chi connectivity index (χ1v) is 11.5. The number of rotatable bonds is 19. The molecule has 3 nitrogen and oxygen atoms in total. The van der Waals surface area contributed by atoms with Gasteiger partial charge >= 0.3 is 0 Å². The molecule has 0 saturated heterocycles. The van der Waals surface area contributed by atoms with Crippen LogP contribution in [0.1, 0.15) is 102 Å². The molecule has 0 atom stereocenters. The van der Waals surface area contributed by atoms with Gasteiger partial charge in [0, 0.05) is 6.42 Å². The van der Waals surface area contributed by atoms with E-state index in [1.807, 2.05) is 30.3 Å². The highest BCUT2D eigenvalue weighted by molar-refractivity contribution is 5.81. The lowest BCUT2D eigenvalue weighted by Gasteiger charge is -2.04. The SMILES string of the molecule is COc1ccc(C=C(C=O)CCCCCCCCCCCCCCCC=O)cc1. The van der Waals surface area contributed by atoms with Gasteiger partial charge in [-0.15, -0.1) is 0 Å². The predicted octanol–water partition coefficient (Wildman–Crippen LogP) is 7.33. The number of unbranched alkanes of at least 4 members (excludes halogenated alkanes) is 13. The number of ether oxygens (including phenoxy) is 1. The van der Waals surface area contributed by atoms with Gasteiger partial charge in [-0.25, -0.2) is 0 Å². The minimum Gasteiger partial charge on any atom is -0.497 e. The van der Waals surface area contributed by atoms with Crippen LogP contribution in [0.15, 0.2) is 29.8 Å². The van der Waals surface area contributed by atoms with E-state index >= 15 is 0 Å². The third-order valence-electron chi connectivity index (χ3n) is 5.41. The van der Waals surface area contributed by atoms with E-state index < -0.39 is 0 Å². The van der Waals surface area contributed by atoms with Crippen molar-refractivity contribution in [2.45, 2.75) is 96.3 Å². The standard InChI is InChI=1S/C26H40O3/c1-29-26-19-17-24(18-20-26)22-25(23-28)16-14-12-10-8-6-4-2-3-5-7-9-11-13-15-21-27/h17-23H,2-16H2,1H3. The number of hydrogen-bond acceptors (Lipinski definition) is 3. The Hall–Kier alpha value is -1.90. The van der Waals surface area contributed by atoms with Crippen molar-refractivity contribution in [3.63, 3.8) is 0 Å². The summed E-state index contributed by atoms with van der Waals surface area (Å²) in [5.41, 5.74) is 1.93. The maximum atomic E-state index is 11.3. The molecule has 0 bridgehead atoms. The first-order valence-electron chi connectivity index (χ1n) is 11.5. The Kier molecular flexibility index (Phi) is 15.7. The maximum Gasteiger partial charge on any atom is 0.146 e. The normalized spacial score (nSPS) is 11.4. The van der Waals surface area contributed by atoms with Gasteiger partial charge in [0.2, 0.25) is 0 Å². The van der Waals surface area contributed by atoms with Crippen LogP contribution in [0.3, 0.4) is 0 Å². The molecule has 0 spiro atoms. The van der Waals surface area contributed by atoms with E-state index in [1.54, 1.807) is 7.11 Å². The molecule has 0 radical (unpaired) electrons. The summed E-state index contributed by atoms with van der Waals surface area (Å²) in [4.78, 5) is 21.5. The average molecular weight is 401 g/mol. The van der Waals surface area contributed by atoms with Crippen LogP contribution in [-0.4, -0.2) is 19.7 Å². The molecule has 1 aromatic carbocycles. The fraction of sp³-hybridized carbons (Fsp3) is 0.615. The lowest BCUT2D eigenvalue weighted by atomic mass is 10.0. The third-order valence-corrected chi connectivity index (χ3v) is 5.41. The van der Waals surface area contributed by atoms with Crippen LogP contribution in [0.25, 0.3) is 6.08 Å². The predicted molar refractivity (Wildman–Crippen MR) is 122 cm³/mol. The molecule has 0 fully saturated rings. The molecule has 1 aromatic rings. The monoisotopic (exact) mass is 400 g/mol. The van der Waals surface area contributed by atoms with Crippen molar-refractivity contribution in [1.82, 2.24) is 0 Å². The van der Waals surface area contributed by atoms with Crippen LogP contribution >= 0.6 is 0 Å². The van der Waals surface area contributed by atoms with Gasteiger partial charge in [0.05, 0.1) is 7.11 Å². The highest BCUT2D eigenvalue weighted by Crippen LogP contribution is 2.17. The van der Waals surface area contributed by atoms with Crippen LogP contribution in [0, 0.1) is 0 Å².